The third kappa shape index (κ3) is 2.91. The number of aromatic nitrogens is 4. The maximum Gasteiger partial charge on any atom is 0.225 e. The Kier molecular flexibility index (Phi) is 3.90. The van der Waals surface area contributed by atoms with Crippen molar-refractivity contribution in [2.45, 2.75) is 45.6 Å². The highest BCUT2D eigenvalue weighted by Crippen LogP contribution is 2.28. The van der Waals surface area contributed by atoms with Gasteiger partial charge in [-0.2, -0.15) is 0 Å². The molecule has 1 aliphatic rings. The Balaban J connectivity index is 1.81. The van der Waals surface area contributed by atoms with E-state index in [2.05, 4.69) is 44.5 Å². The molecule has 112 valence electrons. The lowest BCUT2D eigenvalue weighted by atomic mass is 9.97. The molecular formula is C16H23N5. The van der Waals surface area contributed by atoms with Crippen LogP contribution in [0.15, 0.2) is 24.7 Å². The predicted molar refractivity (Wildman–Crippen MR) is 83.6 cm³/mol. The van der Waals surface area contributed by atoms with E-state index in [9.17, 15) is 0 Å². The number of imidazole rings is 1. The van der Waals surface area contributed by atoms with E-state index in [0.29, 0.717) is 12.0 Å². The first-order chi connectivity index (χ1) is 10.1. The molecule has 0 aromatic carbocycles. The average Bonchev–Trinajstić information content (AvgIpc) is 2.97. The van der Waals surface area contributed by atoms with Gasteiger partial charge in [-0.25, -0.2) is 15.0 Å². The number of hydrogen-bond donors (Lipinski definition) is 0. The fraction of sp³-hybridized carbons (Fsp3) is 0.562. The van der Waals surface area contributed by atoms with E-state index >= 15 is 0 Å². The summed E-state index contributed by atoms with van der Waals surface area (Å²) in [6.45, 7) is 8.40. The summed E-state index contributed by atoms with van der Waals surface area (Å²) in [5.41, 5.74) is 1.02. The van der Waals surface area contributed by atoms with Crippen molar-refractivity contribution < 1.29 is 0 Å². The first-order valence-electron chi connectivity index (χ1n) is 7.72. The minimum Gasteiger partial charge on any atom is -0.340 e. The second-order valence-electron chi connectivity index (χ2n) is 6.07. The van der Waals surface area contributed by atoms with Crippen LogP contribution in [-0.4, -0.2) is 32.6 Å². The normalized spacial score (nSPS) is 19.2. The Morgan fingerprint density at radius 2 is 2.10 bits per heavy atom. The summed E-state index contributed by atoms with van der Waals surface area (Å²) >= 11 is 0. The standard InChI is InChI=1S/C16H23N5/c1-12(2)21-10-8-17-15(21)14-5-4-9-20(11-14)16-18-7-6-13(3)19-16/h6-8,10,12,14H,4-5,9,11H2,1-3H3/t14-/m0/s1. The summed E-state index contributed by atoms with van der Waals surface area (Å²) in [7, 11) is 0. The van der Waals surface area contributed by atoms with Crippen molar-refractivity contribution in [2.24, 2.45) is 0 Å². The molecule has 1 saturated heterocycles. The third-order valence-electron chi connectivity index (χ3n) is 4.11. The fourth-order valence-corrected chi connectivity index (χ4v) is 3.04. The molecule has 0 spiro atoms. The molecule has 1 fully saturated rings. The number of anilines is 1. The molecule has 0 unspecified atom stereocenters. The quantitative estimate of drug-likeness (QED) is 0.870. The van der Waals surface area contributed by atoms with Crippen molar-refractivity contribution >= 4 is 5.95 Å². The van der Waals surface area contributed by atoms with Gasteiger partial charge in [0.25, 0.3) is 0 Å². The number of nitrogens with zero attached hydrogens (tertiary/aromatic N) is 5. The Morgan fingerprint density at radius 1 is 1.24 bits per heavy atom. The van der Waals surface area contributed by atoms with Gasteiger partial charge in [0.05, 0.1) is 0 Å². The van der Waals surface area contributed by atoms with E-state index in [0.717, 1.165) is 31.2 Å². The van der Waals surface area contributed by atoms with Gasteiger partial charge in [-0.1, -0.05) is 0 Å². The number of rotatable bonds is 3. The van der Waals surface area contributed by atoms with Crippen LogP contribution >= 0.6 is 0 Å². The summed E-state index contributed by atoms with van der Waals surface area (Å²) in [4.78, 5) is 15.9. The fourth-order valence-electron chi connectivity index (χ4n) is 3.04. The van der Waals surface area contributed by atoms with Crippen LogP contribution in [0.4, 0.5) is 5.95 Å². The predicted octanol–water partition coefficient (Wildman–Crippen LogP) is 2.95. The first kappa shape index (κ1) is 14.0. The lowest BCUT2D eigenvalue weighted by molar-refractivity contribution is 0.451. The maximum absolute atomic E-state index is 4.60. The highest BCUT2D eigenvalue weighted by molar-refractivity contribution is 5.32. The van der Waals surface area contributed by atoms with Crippen LogP contribution in [0.2, 0.25) is 0 Å². The van der Waals surface area contributed by atoms with Crippen LogP contribution in [0.5, 0.6) is 0 Å². The summed E-state index contributed by atoms with van der Waals surface area (Å²) in [6.07, 6.45) is 8.19. The monoisotopic (exact) mass is 285 g/mol. The molecule has 5 heteroatoms. The molecule has 0 saturated carbocycles. The molecule has 1 aliphatic heterocycles. The van der Waals surface area contributed by atoms with Gasteiger partial charge in [-0.05, 0) is 39.7 Å². The lowest BCUT2D eigenvalue weighted by Crippen LogP contribution is -2.36. The molecular weight excluding hydrogens is 262 g/mol. The van der Waals surface area contributed by atoms with Crippen molar-refractivity contribution in [3.8, 4) is 0 Å². The molecule has 1 atom stereocenters. The molecule has 21 heavy (non-hydrogen) atoms. The molecule has 0 aliphatic carbocycles. The minimum atomic E-state index is 0.452. The zero-order valence-electron chi connectivity index (χ0n) is 13.0. The number of hydrogen-bond acceptors (Lipinski definition) is 4. The highest BCUT2D eigenvalue weighted by atomic mass is 15.3. The van der Waals surface area contributed by atoms with Crippen molar-refractivity contribution in [3.63, 3.8) is 0 Å². The second kappa shape index (κ2) is 5.84. The maximum atomic E-state index is 4.60. The van der Waals surface area contributed by atoms with E-state index in [4.69, 9.17) is 0 Å². The summed E-state index contributed by atoms with van der Waals surface area (Å²) in [6, 6.07) is 2.39. The van der Waals surface area contributed by atoms with Crippen molar-refractivity contribution in [1.29, 1.82) is 0 Å². The molecule has 3 rings (SSSR count). The Hall–Kier alpha value is -1.91. The highest BCUT2D eigenvalue weighted by Gasteiger charge is 2.26. The first-order valence-corrected chi connectivity index (χ1v) is 7.72. The summed E-state index contributed by atoms with van der Waals surface area (Å²) < 4.78 is 2.28. The minimum absolute atomic E-state index is 0.452. The van der Waals surface area contributed by atoms with E-state index < -0.39 is 0 Å². The molecule has 2 aromatic rings. The zero-order chi connectivity index (χ0) is 14.8. The second-order valence-corrected chi connectivity index (χ2v) is 6.07. The van der Waals surface area contributed by atoms with Gasteiger partial charge in [0, 0.05) is 49.3 Å². The molecule has 0 radical (unpaired) electrons. The van der Waals surface area contributed by atoms with Gasteiger partial charge in [0.15, 0.2) is 0 Å². The third-order valence-corrected chi connectivity index (χ3v) is 4.11. The molecule has 5 nitrogen and oxygen atoms in total. The van der Waals surface area contributed by atoms with Crippen LogP contribution in [0.25, 0.3) is 0 Å². The van der Waals surface area contributed by atoms with Crippen molar-refractivity contribution in [3.05, 3.63) is 36.2 Å². The molecule has 0 amide bonds. The van der Waals surface area contributed by atoms with Gasteiger partial charge < -0.3 is 9.47 Å². The number of aryl methyl sites for hydroxylation is 1. The van der Waals surface area contributed by atoms with Crippen LogP contribution in [0, 0.1) is 6.92 Å². The van der Waals surface area contributed by atoms with E-state index in [1.807, 2.05) is 25.4 Å². The lowest BCUT2D eigenvalue weighted by Gasteiger charge is -2.33. The van der Waals surface area contributed by atoms with E-state index in [1.54, 1.807) is 0 Å². The largest absolute Gasteiger partial charge is 0.340 e. The summed E-state index contributed by atoms with van der Waals surface area (Å²) in [5, 5.41) is 0. The van der Waals surface area contributed by atoms with Gasteiger partial charge in [0.1, 0.15) is 5.82 Å². The van der Waals surface area contributed by atoms with Crippen LogP contribution in [-0.2, 0) is 0 Å². The Morgan fingerprint density at radius 3 is 2.86 bits per heavy atom. The SMILES string of the molecule is Cc1ccnc(N2CCC[C@H](c3nccn3C(C)C)C2)n1. The number of piperidine rings is 1. The summed E-state index contributed by atoms with van der Waals surface area (Å²) in [5.74, 6) is 2.50. The van der Waals surface area contributed by atoms with Crippen molar-refractivity contribution in [2.75, 3.05) is 18.0 Å². The van der Waals surface area contributed by atoms with Crippen molar-refractivity contribution in [1.82, 2.24) is 19.5 Å². The van der Waals surface area contributed by atoms with Gasteiger partial charge in [-0.15, -0.1) is 0 Å². The topological polar surface area (TPSA) is 46.8 Å². The van der Waals surface area contributed by atoms with Crippen LogP contribution in [0.3, 0.4) is 0 Å². The molecule has 2 aromatic heterocycles. The van der Waals surface area contributed by atoms with Gasteiger partial charge in [-0.3, -0.25) is 0 Å². The van der Waals surface area contributed by atoms with E-state index in [-0.39, 0.29) is 0 Å². The van der Waals surface area contributed by atoms with E-state index in [1.165, 1.54) is 12.2 Å². The van der Waals surface area contributed by atoms with Gasteiger partial charge in [0.2, 0.25) is 5.95 Å². The molecule has 0 N–H and O–H groups in total. The zero-order valence-corrected chi connectivity index (χ0v) is 13.0. The Labute approximate surface area is 126 Å². The Bertz CT molecular complexity index is 604. The van der Waals surface area contributed by atoms with Gasteiger partial charge >= 0.3 is 0 Å². The average molecular weight is 285 g/mol. The smallest absolute Gasteiger partial charge is 0.225 e. The van der Waals surface area contributed by atoms with Crippen LogP contribution in [0.1, 0.15) is 50.2 Å². The molecule has 0 bridgehead atoms. The molecule has 3 heterocycles. The van der Waals surface area contributed by atoms with Crippen LogP contribution < -0.4 is 4.90 Å².